The van der Waals surface area contributed by atoms with Crippen LogP contribution in [0.5, 0.6) is 0 Å². The second kappa shape index (κ2) is 11.2. The van der Waals surface area contributed by atoms with Crippen molar-refractivity contribution in [1.82, 2.24) is 0 Å². The molecular weight excluding hydrogens is 604 g/mol. The van der Waals surface area contributed by atoms with Crippen molar-refractivity contribution in [3.05, 3.63) is 24.2 Å². The highest BCUT2D eigenvalue weighted by Gasteiger charge is 2.82. The number of carbonyl (C=O) groups excluding carboxylic acids is 6. The van der Waals surface area contributed by atoms with E-state index < -0.39 is 106 Å². The highest BCUT2D eigenvalue weighted by atomic mass is 16.6. The number of Topliss-reactive ketones (excluding diaryl/α,β-unsaturated/α-hetero) is 1. The van der Waals surface area contributed by atoms with E-state index in [9.17, 15) is 28.8 Å². The van der Waals surface area contributed by atoms with Crippen molar-refractivity contribution in [2.75, 3.05) is 7.11 Å². The monoisotopic (exact) mass is 646 g/mol. The molecule has 1 aromatic heterocycles. The van der Waals surface area contributed by atoms with Gasteiger partial charge in [-0.2, -0.15) is 0 Å². The molecule has 11 atom stereocenters. The lowest BCUT2D eigenvalue weighted by atomic mass is 9.42. The fourth-order valence-electron chi connectivity index (χ4n) is 9.43. The van der Waals surface area contributed by atoms with Crippen molar-refractivity contribution in [1.29, 1.82) is 0 Å². The fraction of sp³-hybridized carbons (Fsp3) is 0.697. The Bertz CT molecular complexity index is 1450. The van der Waals surface area contributed by atoms with Gasteiger partial charge in [-0.05, 0) is 18.9 Å². The Hall–Kier alpha value is -3.74. The largest absolute Gasteiger partial charge is 0.472 e. The molecule has 4 heterocycles. The Morgan fingerprint density at radius 3 is 2.09 bits per heavy atom. The van der Waals surface area contributed by atoms with Gasteiger partial charge in [-0.1, -0.05) is 27.7 Å². The average molecular weight is 647 g/mol. The van der Waals surface area contributed by atoms with Gasteiger partial charge in [-0.25, -0.2) is 0 Å². The first-order valence-corrected chi connectivity index (χ1v) is 15.4. The smallest absolute Gasteiger partial charge is 0.309 e. The van der Waals surface area contributed by atoms with Crippen molar-refractivity contribution in [2.45, 2.75) is 104 Å². The van der Waals surface area contributed by atoms with Crippen LogP contribution in [-0.2, 0) is 57.2 Å². The van der Waals surface area contributed by atoms with Crippen LogP contribution in [0.4, 0.5) is 0 Å². The molecular formula is C33H42O13. The van der Waals surface area contributed by atoms with Crippen LogP contribution >= 0.6 is 0 Å². The van der Waals surface area contributed by atoms with Gasteiger partial charge in [0.2, 0.25) is 0 Å². The number of fused-ring (bicyclic) bond motifs is 1. The molecule has 46 heavy (non-hydrogen) atoms. The average Bonchev–Trinajstić information content (AvgIpc) is 3.46. The minimum Gasteiger partial charge on any atom is -0.472 e. The van der Waals surface area contributed by atoms with E-state index >= 15 is 0 Å². The molecule has 2 aliphatic carbocycles. The molecule has 252 valence electrons. The Labute approximate surface area is 266 Å². The fourth-order valence-corrected chi connectivity index (χ4v) is 9.43. The molecule has 0 unspecified atom stereocenters. The summed E-state index contributed by atoms with van der Waals surface area (Å²) in [5.41, 5.74) is -5.23. The summed E-state index contributed by atoms with van der Waals surface area (Å²) in [6, 6.07) is 1.62. The van der Waals surface area contributed by atoms with Crippen LogP contribution in [0.2, 0.25) is 0 Å². The lowest BCUT2D eigenvalue weighted by Crippen LogP contribution is -2.72. The molecule has 1 spiro atoms. The maximum atomic E-state index is 14.9. The first kappa shape index (κ1) is 33.6. The molecule has 6 rings (SSSR count). The molecule has 13 heteroatoms. The molecule has 2 saturated carbocycles. The summed E-state index contributed by atoms with van der Waals surface area (Å²) in [5.74, 6) is -6.67. The standard InChI is InChI=1S/C33H42O13/c1-15-24(39)23-27(43-17(3)35)32(8)26(19-10-11-41-14-19)45-22(38)13-33(15,32)46-29-25(42-16(2)34)28(44-18(4)36)30(5,6)20(31(23,29)7)12-21(37)40-9/h10-11,14-15,20,23,25-29H,12-13H2,1-9H3/t15-,20-,23+,25-,26-,27-,28+,29-,31-,32+,33-/m0/s1. The molecule has 0 aromatic carbocycles. The van der Waals surface area contributed by atoms with E-state index in [0.29, 0.717) is 5.56 Å². The van der Waals surface area contributed by atoms with E-state index in [4.69, 9.17) is 32.8 Å². The number of hydrogen-bond acceptors (Lipinski definition) is 13. The Morgan fingerprint density at radius 1 is 0.935 bits per heavy atom. The number of methoxy groups -OCH3 is 1. The molecule has 13 nitrogen and oxygen atoms in total. The van der Waals surface area contributed by atoms with Crippen molar-refractivity contribution >= 4 is 35.6 Å². The van der Waals surface area contributed by atoms with Crippen LogP contribution in [-0.4, -0.2) is 72.8 Å². The third-order valence-electron chi connectivity index (χ3n) is 11.4. The van der Waals surface area contributed by atoms with E-state index in [0.717, 1.165) is 0 Å². The summed E-state index contributed by atoms with van der Waals surface area (Å²) in [7, 11) is 1.24. The Morgan fingerprint density at radius 2 is 1.54 bits per heavy atom. The van der Waals surface area contributed by atoms with E-state index in [2.05, 4.69) is 0 Å². The predicted octanol–water partition coefficient (Wildman–Crippen LogP) is 3.27. The number of carbonyl (C=O) groups is 6. The van der Waals surface area contributed by atoms with Crippen molar-refractivity contribution in [2.24, 2.45) is 34.0 Å². The third-order valence-corrected chi connectivity index (χ3v) is 11.4. The second-order valence-corrected chi connectivity index (χ2v) is 14.1. The van der Waals surface area contributed by atoms with Gasteiger partial charge in [-0.3, -0.25) is 28.8 Å². The number of ether oxygens (including phenoxy) is 6. The van der Waals surface area contributed by atoms with Crippen molar-refractivity contribution < 1.29 is 61.6 Å². The number of esters is 5. The van der Waals surface area contributed by atoms with Crippen LogP contribution in [0.3, 0.4) is 0 Å². The molecule has 0 amide bonds. The number of ketones is 1. The molecule has 2 bridgehead atoms. The third kappa shape index (κ3) is 4.59. The quantitative estimate of drug-likeness (QED) is 0.326. The van der Waals surface area contributed by atoms with Gasteiger partial charge >= 0.3 is 29.8 Å². The molecule has 3 aliphatic heterocycles. The van der Waals surface area contributed by atoms with Crippen LogP contribution < -0.4 is 0 Å². The maximum absolute atomic E-state index is 14.9. The SMILES string of the molecule is COC(=O)C[C@H]1C(C)(C)[C@H](OC(C)=O)[C@H](OC(C)=O)[C@@H]2O[C@]34CC(=O)O[C@@H](c5ccoc5)[C@]3(C)[C@@H](OC(C)=O)[C@@H](C(=O)[C@@H]4C)[C@@]21C. The molecule has 5 aliphatic rings. The highest BCUT2D eigenvalue weighted by molar-refractivity contribution is 5.90. The lowest BCUT2D eigenvalue weighted by Gasteiger charge is -2.62. The zero-order valence-electron chi connectivity index (χ0n) is 27.6. The Balaban J connectivity index is 1.89. The first-order chi connectivity index (χ1) is 21.4. The van der Waals surface area contributed by atoms with Gasteiger partial charge in [0.1, 0.15) is 35.8 Å². The molecule has 0 N–H and O–H groups in total. The van der Waals surface area contributed by atoms with Gasteiger partial charge in [0.05, 0.1) is 37.4 Å². The van der Waals surface area contributed by atoms with Gasteiger partial charge < -0.3 is 32.8 Å². The summed E-state index contributed by atoms with van der Waals surface area (Å²) in [4.78, 5) is 79.8. The molecule has 5 fully saturated rings. The van der Waals surface area contributed by atoms with Crippen molar-refractivity contribution in [3.63, 3.8) is 0 Å². The zero-order chi connectivity index (χ0) is 34.1. The van der Waals surface area contributed by atoms with Crippen LogP contribution in [0.25, 0.3) is 0 Å². The highest BCUT2D eigenvalue weighted by Crippen LogP contribution is 2.72. The summed E-state index contributed by atoms with van der Waals surface area (Å²) in [5, 5.41) is 0. The number of rotatable bonds is 6. The molecule has 0 radical (unpaired) electrons. The number of cyclic esters (lactones) is 1. The predicted molar refractivity (Wildman–Crippen MR) is 154 cm³/mol. The van der Waals surface area contributed by atoms with Crippen LogP contribution in [0.15, 0.2) is 23.0 Å². The Kier molecular flexibility index (Phi) is 8.19. The summed E-state index contributed by atoms with van der Waals surface area (Å²) in [6.07, 6.45) is -3.87. The minimum absolute atomic E-state index is 0.250. The van der Waals surface area contributed by atoms with Gasteiger partial charge in [0.25, 0.3) is 0 Å². The second-order valence-electron chi connectivity index (χ2n) is 14.1. The van der Waals surface area contributed by atoms with Crippen LogP contribution in [0, 0.1) is 34.0 Å². The van der Waals surface area contributed by atoms with E-state index in [-0.39, 0.29) is 12.2 Å². The van der Waals surface area contributed by atoms with E-state index in [1.54, 1.807) is 40.7 Å². The summed E-state index contributed by atoms with van der Waals surface area (Å²) < 4.78 is 41.6. The zero-order valence-corrected chi connectivity index (χ0v) is 27.6. The van der Waals surface area contributed by atoms with Crippen LogP contribution in [0.1, 0.15) is 79.9 Å². The van der Waals surface area contributed by atoms with Gasteiger partial charge in [0, 0.05) is 49.5 Å². The van der Waals surface area contributed by atoms with Gasteiger partial charge in [0.15, 0.2) is 6.10 Å². The number of furan rings is 1. The molecule has 1 aromatic rings. The molecule has 3 saturated heterocycles. The minimum atomic E-state index is -1.68. The lowest BCUT2D eigenvalue weighted by molar-refractivity contribution is -0.302. The van der Waals surface area contributed by atoms with E-state index in [1.807, 2.05) is 0 Å². The summed E-state index contributed by atoms with van der Waals surface area (Å²) >= 11 is 0. The van der Waals surface area contributed by atoms with E-state index in [1.165, 1.54) is 40.4 Å². The van der Waals surface area contributed by atoms with Crippen molar-refractivity contribution in [3.8, 4) is 0 Å². The first-order valence-electron chi connectivity index (χ1n) is 15.4. The normalized spacial score (nSPS) is 40.8. The maximum Gasteiger partial charge on any atom is 0.309 e. The topological polar surface area (TPSA) is 171 Å². The number of hydrogen-bond donors (Lipinski definition) is 0. The van der Waals surface area contributed by atoms with Gasteiger partial charge in [-0.15, -0.1) is 0 Å². The summed E-state index contributed by atoms with van der Waals surface area (Å²) in [6.45, 7) is 12.3.